The molecule has 0 amide bonds. The average Bonchev–Trinajstić information content (AvgIpc) is 3.11. The molecule has 0 bridgehead atoms. The summed E-state index contributed by atoms with van der Waals surface area (Å²) in [5.74, 6) is 6.69. The van der Waals surface area contributed by atoms with Crippen molar-refractivity contribution >= 4 is 11.0 Å². The summed E-state index contributed by atoms with van der Waals surface area (Å²) in [7, 11) is 0. The van der Waals surface area contributed by atoms with E-state index in [-0.39, 0.29) is 6.04 Å². The van der Waals surface area contributed by atoms with Crippen LogP contribution in [0, 0.1) is 0 Å². The molecule has 0 spiro atoms. The number of hydrogen-bond acceptors (Lipinski definition) is 4. The predicted octanol–water partition coefficient (Wildman–Crippen LogP) is 2.40. The van der Waals surface area contributed by atoms with Gasteiger partial charge in [0.25, 0.3) is 0 Å². The fourth-order valence-electron chi connectivity index (χ4n) is 2.56. The molecule has 2 heterocycles. The summed E-state index contributed by atoms with van der Waals surface area (Å²) in [6.07, 6.45) is 4.09. The van der Waals surface area contributed by atoms with Crippen molar-refractivity contribution in [2.45, 2.75) is 25.9 Å². The fraction of sp³-hybridized carbons (Fsp3) is 0.267. The molecule has 0 aliphatic carbocycles. The summed E-state index contributed by atoms with van der Waals surface area (Å²) in [6.45, 7) is 3.01. The number of aromatic nitrogens is 2. The molecule has 3 rings (SSSR count). The standard InChI is InChI=1S/C15H18N4O/c1-2-19-14-6-4-3-5-12(14)17-15(19)9-13(18-16)11-7-8-20-10-11/h3-8,10,13,18H,2,9,16H2,1H3. The average molecular weight is 270 g/mol. The maximum Gasteiger partial charge on any atom is 0.111 e. The van der Waals surface area contributed by atoms with Crippen molar-refractivity contribution in [1.29, 1.82) is 0 Å². The van der Waals surface area contributed by atoms with Crippen LogP contribution in [-0.4, -0.2) is 9.55 Å². The number of rotatable bonds is 5. The zero-order chi connectivity index (χ0) is 13.9. The Labute approximate surface area is 117 Å². The Morgan fingerprint density at radius 3 is 2.90 bits per heavy atom. The number of fused-ring (bicyclic) bond motifs is 1. The van der Waals surface area contributed by atoms with Crippen LogP contribution in [0.2, 0.25) is 0 Å². The molecule has 104 valence electrons. The van der Waals surface area contributed by atoms with E-state index in [2.05, 4.69) is 23.0 Å². The lowest BCUT2D eigenvalue weighted by molar-refractivity contribution is 0.509. The molecule has 0 saturated carbocycles. The van der Waals surface area contributed by atoms with Gasteiger partial charge in [-0.05, 0) is 25.1 Å². The van der Waals surface area contributed by atoms with E-state index in [1.807, 2.05) is 24.3 Å². The second-order valence-electron chi connectivity index (χ2n) is 4.74. The zero-order valence-corrected chi connectivity index (χ0v) is 11.4. The van der Waals surface area contributed by atoms with Crippen LogP contribution >= 0.6 is 0 Å². The maximum atomic E-state index is 5.67. The second-order valence-corrected chi connectivity index (χ2v) is 4.74. The first kappa shape index (κ1) is 12.9. The molecule has 5 heteroatoms. The molecular formula is C15H18N4O. The van der Waals surface area contributed by atoms with Gasteiger partial charge >= 0.3 is 0 Å². The van der Waals surface area contributed by atoms with E-state index in [9.17, 15) is 0 Å². The Kier molecular flexibility index (Phi) is 3.54. The molecule has 0 fully saturated rings. The third-order valence-electron chi connectivity index (χ3n) is 3.58. The summed E-state index contributed by atoms with van der Waals surface area (Å²) >= 11 is 0. The zero-order valence-electron chi connectivity index (χ0n) is 11.4. The maximum absolute atomic E-state index is 5.67. The number of hydrazine groups is 1. The molecule has 3 aromatic rings. The highest BCUT2D eigenvalue weighted by Gasteiger charge is 2.17. The monoisotopic (exact) mass is 270 g/mol. The number of imidazole rings is 1. The topological polar surface area (TPSA) is 69.0 Å². The molecule has 1 unspecified atom stereocenters. The Balaban J connectivity index is 1.97. The van der Waals surface area contributed by atoms with Crippen LogP contribution in [0.1, 0.15) is 24.4 Å². The van der Waals surface area contributed by atoms with E-state index >= 15 is 0 Å². The van der Waals surface area contributed by atoms with Gasteiger partial charge in [-0.25, -0.2) is 4.98 Å². The first-order valence-corrected chi connectivity index (χ1v) is 6.76. The molecule has 0 saturated heterocycles. The molecule has 0 radical (unpaired) electrons. The second kappa shape index (κ2) is 5.48. The molecule has 1 aromatic carbocycles. The lowest BCUT2D eigenvalue weighted by atomic mass is 10.1. The van der Waals surface area contributed by atoms with E-state index < -0.39 is 0 Å². The minimum Gasteiger partial charge on any atom is -0.472 e. The van der Waals surface area contributed by atoms with Crippen LogP contribution in [-0.2, 0) is 13.0 Å². The number of nitrogens with two attached hydrogens (primary N) is 1. The van der Waals surface area contributed by atoms with E-state index in [1.54, 1.807) is 12.5 Å². The normalized spacial score (nSPS) is 12.9. The lowest BCUT2D eigenvalue weighted by Crippen LogP contribution is -2.30. The number of nitrogens with zero attached hydrogens (tertiary/aromatic N) is 2. The van der Waals surface area contributed by atoms with E-state index in [1.165, 1.54) is 0 Å². The van der Waals surface area contributed by atoms with Crippen molar-refractivity contribution in [3.8, 4) is 0 Å². The molecule has 3 N–H and O–H groups in total. The van der Waals surface area contributed by atoms with Crippen molar-refractivity contribution in [3.05, 3.63) is 54.2 Å². The van der Waals surface area contributed by atoms with Crippen molar-refractivity contribution < 1.29 is 4.42 Å². The number of benzene rings is 1. The van der Waals surface area contributed by atoms with Crippen LogP contribution in [0.5, 0.6) is 0 Å². The van der Waals surface area contributed by atoms with E-state index in [0.29, 0.717) is 0 Å². The van der Waals surface area contributed by atoms with Crippen molar-refractivity contribution in [2.75, 3.05) is 0 Å². The third kappa shape index (κ3) is 2.21. The first-order chi connectivity index (χ1) is 9.83. The van der Waals surface area contributed by atoms with Gasteiger partial charge in [-0.1, -0.05) is 12.1 Å². The predicted molar refractivity (Wildman–Crippen MR) is 77.9 cm³/mol. The largest absolute Gasteiger partial charge is 0.472 e. The first-order valence-electron chi connectivity index (χ1n) is 6.76. The highest BCUT2D eigenvalue weighted by molar-refractivity contribution is 5.75. The summed E-state index contributed by atoms with van der Waals surface area (Å²) < 4.78 is 7.35. The van der Waals surface area contributed by atoms with Crippen LogP contribution < -0.4 is 11.3 Å². The van der Waals surface area contributed by atoms with Crippen LogP contribution in [0.25, 0.3) is 11.0 Å². The van der Waals surface area contributed by atoms with Gasteiger partial charge in [0, 0.05) is 18.5 Å². The van der Waals surface area contributed by atoms with E-state index in [0.717, 1.165) is 35.4 Å². The molecule has 0 aliphatic heterocycles. The minimum atomic E-state index is -0.00383. The summed E-state index contributed by atoms with van der Waals surface area (Å²) in [6, 6.07) is 10.1. The summed E-state index contributed by atoms with van der Waals surface area (Å²) in [5.41, 5.74) is 6.05. The molecule has 0 aliphatic rings. The number of nitrogens with one attached hydrogen (secondary N) is 1. The SMILES string of the molecule is CCn1c(CC(NN)c2ccoc2)nc2ccccc21. The van der Waals surface area contributed by atoms with Gasteiger partial charge in [0.05, 0.1) is 29.6 Å². The number of furan rings is 1. The lowest BCUT2D eigenvalue weighted by Gasteiger charge is -2.14. The van der Waals surface area contributed by atoms with Gasteiger partial charge in [0.1, 0.15) is 5.82 Å². The van der Waals surface area contributed by atoms with Crippen molar-refractivity contribution in [2.24, 2.45) is 5.84 Å². The Hall–Kier alpha value is -2.11. The molecular weight excluding hydrogens is 252 g/mol. The minimum absolute atomic E-state index is 0.00383. The summed E-state index contributed by atoms with van der Waals surface area (Å²) in [4.78, 5) is 4.72. The summed E-state index contributed by atoms with van der Waals surface area (Å²) in [5, 5.41) is 0. The Morgan fingerprint density at radius 1 is 1.35 bits per heavy atom. The Morgan fingerprint density at radius 2 is 2.20 bits per heavy atom. The van der Waals surface area contributed by atoms with Crippen molar-refractivity contribution in [3.63, 3.8) is 0 Å². The number of aryl methyl sites for hydroxylation is 1. The quantitative estimate of drug-likeness (QED) is 0.552. The molecule has 1 atom stereocenters. The van der Waals surface area contributed by atoms with Crippen LogP contribution in [0.15, 0.2) is 47.3 Å². The number of para-hydroxylation sites is 2. The molecule has 20 heavy (non-hydrogen) atoms. The molecule has 5 nitrogen and oxygen atoms in total. The van der Waals surface area contributed by atoms with Gasteiger partial charge in [0.15, 0.2) is 0 Å². The van der Waals surface area contributed by atoms with Gasteiger partial charge in [-0.2, -0.15) is 0 Å². The highest BCUT2D eigenvalue weighted by Crippen LogP contribution is 2.22. The Bertz CT molecular complexity index is 687. The van der Waals surface area contributed by atoms with Crippen molar-refractivity contribution in [1.82, 2.24) is 15.0 Å². The third-order valence-corrected chi connectivity index (χ3v) is 3.58. The number of hydrogen-bond donors (Lipinski definition) is 2. The van der Waals surface area contributed by atoms with Gasteiger partial charge in [0.2, 0.25) is 0 Å². The van der Waals surface area contributed by atoms with Crippen LogP contribution in [0.3, 0.4) is 0 Å². The van der Waals surface area contributed by atoms with E-state index in [4.69, 9.17) is 15.2 Å². The van der Waals surface area contributed by atoms with Gasteiger partial charge in [-0.3, -0.25) is 11.3 Å². The van der Waals surface area contributed by atoms with Crippen LogP contribution in [0.4, 0.5) is 0 Å². The van der Waals surface area contributed by atoms with Gasteiger partial charge < -0.3 is 8.98 Å². The molecule has 2 aromatic heterocycles. The highest BCUT2D eigenvalue weighted by atomic mass is 16.3. The fourth-order valence-corrected chi connectivity index (χ4v) is 2.56. The smallest absolute Gasteiger partial charge is 0.111 e. The van der Waals surface area contributed by atoms with Gasteiger partial charge in [-0.15, -0.1) is 0 Å².